The van der Waals surface area contributed by atoms with Gasteiger partial charge in [0.05, 0.1) is 11.5 Å². The van der Waals surface area contributed by atoms with E-state index >= 15 is 0 Å². The number of hydrogen-bond acceptors (Lipinski definition) is 7. The van der Waals surface area contributed by atoms with Crippen molar-refractivity contribution in [1.29, 1.82) is 0 Å². The second kappa shape index (κ2) is 5.78. The molecule has 0 aliphatic carbocycles. The third-order valence-corrected chi connectivity index (χ3v) is 2.41. The van der Waals surface area contributed by atoms with Crippen molar-refractivity contribution >= 4 is 17.3 Å². The van der Waals surface area contributed by atoms with Crippen molar-refractivity contribution in [2.75, 3.05) is 17.3 Å². The van der Waals surface area contributed by atoms with Gasteiger partial charge in [0.2, 0.25) is 5.82 Å². The minimum Gasteiger partial charge on any atom is -0.362 e. The van der Waals surface area contributed by atoms with Crippen LogP contribution in [-0.4, -0.2) is 26.2 Å². The maximum absolute atomic E-state index is 10.9. The molecule has 9 nitrogen and oxygen atoms in total. The molecular formula is C10H13N7O2. The van der Waals surface area contributed by atoms with Crippen LogP contribution < -0.4 is 16.6 Å². The molecular weight excluding hydrogens is 250 g/mol. The highest BCUT2D eigenvalue weighted by Gasteiger charge is 2.15. The van der Waals surface area contributed by atoms with Gasteiger partial charge in [-0.05, 0) is 12.1 Å². The normalized spacial score (nSPS) is 10.2. The Balaban J connectivity index is 2.06. The maximum Gasteiger partial charge on any atom is 0.311 e. The number of nitrogens with two attached hydrogens (primary N) is 1. The highest BCUT2D eigenvalue weighted by molar-refractivity contribution is 5.59. The van der Waals surface area contributed by atoms with Gasteiger partial charge in [-0.3, -0.25) is 14.8 Å². The molecule has 0 aromatic carbocycles. The highest BCUT2D eigenvalue weighted by Crippen LogP contribution is 2.23. The van der Waals surface area contributed by atoms with Crippen molar-refractivity contribution in [3.63, 3.8) is 0 Å². The molecule has 0 aliphatic heterocycles. The molecule has 2 aromatic rings. The second-order valence-electron chi connectivity index (χ2n) is 3.66. The van der Waals surface area contributed by atoms with Crippen LogP contribution in [0.15, 0.2) is 30.6 Å². The molecule has 0 saturated carbocycles. The number of aromatic nitrogens is 3. The van der Waals surface area contributed by atoms with Crippen molar-refractivity contribution in [1.82, 2.24) is 14.8 Å². The SMILES string of the molecule is NNc1ccc([N+](=O)[O-])c(NCCn2cccn2)n1. The molecule has 0 unspecified atom stereocenters. The average Bonchev–Trinajstić information content (AvgIpc) is 2.91. The van der Waals surface area contributed by atoms with Crippen LogP contribution in [0, 0.1) is 10.1 Å². The van der Waals surface area contributed by atoms with Gasteiger partial charge in [0.25, 0.3) is 0 Å². The van der Waals surface area contributed by atoms with E-state index < -0.39 is 4.92 Å². The highest BCUT2D eigenvalue weighted by atomic mass is 16.6. The Morgan fingerprint density at radius 2 is 2.32 bits per heavy atom. The van der Waals surface area contributed by atoms with Gasteiger partial charge < -0.3 is 10.7 Å². The average molecular weight is 263 g/mol. The summed E-state index contributed by atoms with van der Waals surface area (Å²) in [6.45, 7) is 1.04. The van der Waals surface area contributed by atoms with Crippen molar-refractivity contribution in [2.45, 2.75) is 6.54 Å². The topological polar surface area (TPSA) is 124 Å². The lowest BCUT2D eigenvalue weighted by molar-refractivity contribution is -0.384. The molecule has 0 atom stereocenters. The van der Waals surface area contributed by atoms with E-state index in [1.54, 1.807) is 23.1 Å². The fraction of sp³-hybridized carbons (Fsp3) is 0.200. The Bertz CT molecular complexity index is 555. The summed E-state index contributed by atoms with van der Waals surface area (Å²) >= 11 is 0. The third kappa shape index (κ3) is 3.16. The van der Waals surface area contributed by atoms with Crippen LogP contribution in [0.4, 0.5) is 17.3 Å². The zero-order valence-electron chi connectivity index (χ0n) is 9.98. The fourth-order valence-corrected chi connectivity index (χ4v) is 1.53. The van der Waals surface area contributed by atoms with Crippen LogP contribution >= 0.6 is 0 Å². The summed E-state index contributed by atoms with van der Waals surface area (Å²) in [5.41, 5.74) is 2.25. The molecule has 2 aromatic heterocycles. The minimum absolute atomic E-state index is 0.0977. The minimum atomic E-state index is -0.496. The molecule has 0 spiro atoms. The van der Waals surface area contributed by atoms with Gasteiger partial charge in [-0.15, -0.1) is 0 Å². The number of nitrogen functional groups attached to an aromatic ring is 1. The Morgan fingerprint density at radius 3 is 2.95 bits per heavy atom. The first kappa shape index (κ1) is 12.8. The number of anilines is 2. The molecule has 0 saturated heterocycles. The lowest BCUT2D eigenvalue weighted by Gasteiger charge is -2.08. The predicted molar refractivity (Wildman–Crippen MR) is 69.4 cm³/mol. The zero-order valence-corrected chi connectivity index (χ0v) is 9.98. The lowest BCUT2D eigenvalue weighted by atomic mass is 10.3. The van der Waals surface area contributed by atoms with Gasteiger partial charge in [-0.2, -0.15) is 5.10 Å². The van der Waals surface area contributed by atoms with E-state index in [0.717, 1.165) is 0 Å². The number of hydrazine groups is 1. The van der Waals surface area contributed by atoms with Gasteiger partial charge in [0.15, 0.2) is 0 Å². The van der Waals surface area contributed by atoms with Crippen molar-refractivity contribution in [2.24, 2.45) is 5.84 Å². The van der Waals surface area contributed by atoms with Crippen LogP contribution in [0.25, 0.3) is 0 Å². The van der Waals surface area contributed by atoms with Crippen LogP contribution in [0.1, 0.15) is 0 Å². The van der Waals surface area contributed by atoms with E-state index in [9.17, 15) is 10.1 Å². The number of nitrogens with zero attached hydrogens (tertiary/aromatic N) is 4. The van der Waals surface area contributed by atoms with E-state index in [4.69, 9.17) is 5.84 Å². The van der Waals surface area contributed by atoms with Gasteiger partial charge in [-0.25, -0.2) is 10.8 Å². The Hall–Kier alpha value is -2.68. The van der Waals surface area contributed by atoms with E-state index in [0.29, 0.717) is 18.9 Å². The quantitative estimate of drug-likeness (QED) is 0.395. The first-order chi connectivity index (χ1) is 9.20. The molecule has 0 fully saturated rings. The van der Waals surface area contributed by atoms with Crippen molar-refractivity contribution in [3.05, 3.63) is 40.7 Å². The zero-order chi connectivity index (χ0) is 13.7. The molecule has 0 amide bonds. The van der Waals surface area contributed by atoms with Crippen LogP contribution in [-0.2, 0) is 6.54 Å². The largest absolute Gasteiger partial charge is 0.362 e. The van der Waals surface area contributed by atoms with Crippen molar-refractivity contribution < 1.29 is 4.92 Å². The second-order valence-corrected chi connectivity index (χ2v) is 3.66. The van der Waals surface area contributed by atoms with Gasteiger partial charge in [-0.1, -0.05) is 0 Å². The first-order valence-electron chi connectivity index (χ1n) is 5.54. The molecule has 0 radical (unpaired) electrons. The lowest BCUT2D eigenvalue weighted by Crippen LogP contribution is -2.14. The van der Waals surface area contributed by atoms with Crippen LogP contribution in [0.2, 0.25) is 0 Å². The van der Waals surface area contributed by atoms with Crippen molar-refractivity contribution in [3.8, 4) is 0 Å². The number of pyridine rings is 1. The molecule has 0 aliphatic rings. The smallest absolute Gasteiger partial charge is 0.311 e. The summed E-state index contributed by atoms with van der Waals surface area (Å²) < 4.78 is 1.71. The third-order valence-electron chi connectivity index (χ3n) is 2.41. The standard InChI is InChI=1S/C10H13N7O2/c11-15-9-3-2-8(17(18)19)10(14-9)12-5-7-16-6-1-4-13-16/h1-4,6H,5,7,11H2,(H2,12,14,15). The molecule has 2 heterocycles. The predicted octanol–water partition coefficient (Wildman–Crippen LogP) is 0.584. The van der Waals surface area contributed by atoms with Crippen LogP contribution in [0.5, 0.6) is 0 Å². The first-order valence-corrected chi connectivity index (χ1v) is 5.54. The van der Waals surface area contributed by atoms with E-state index in [1.807, 2.05) is 0 Å². The van der Waals surface area contributed by atoms with E-state index in [2.05, 4.69) is 20.8 Å². The molecule has 9 heteroatoms. The molecule has 4 N–H and O–H groups in total. The van der Waals surface area contributed by atoms with Crippen LogP contribution in [0.3, 0.4) is 0 Å². The summed E-state index contributed by atoms with van der Waals surface area (Å²) in [7, 11) is 0. The Morgan fingerprint density at radius 1 is 1.47 bits per heavy atom. The Labute approximate surface area is 108 Å². The molecule has 19 heavy (non-hydrogen) atoms. The number of rotatable bonds is 6. The van der Waals surface area contributed by atoms with E-state index in [-0.39, 0.29) is 11.5 Å². The number of nitrogens with one attached hydrogen (secondary N) is 2. The summed E-state index contributed by atoms with van der Waals surface area (Å²) in [5.74, 6) is 5.75. The monoisotopic (exact) mass is 263 g/mol. The molecule has 2 rings (SSSR count). The van der Waals surface area contributed by atoms with E-state index in [1.165, 1.54) is 12.1 Å². The maximum atomic E-state index is 10.9. The number of hydrogen-bond donors (Lipinski definition) is 3. The van der Waals surface area contributed by atoms with Gasteiger partial charge in [0.1, 0.15) is 5.82 Å². The Kier molecular flexibility index (Phi) is 3.88. The summed E-state index contributed by atoms with van der Waals surface area (Å²) in [6, 6.07) is 4.59. The molecule has 0 bridgehead atoms. The van der Waals surface area contributed by atoms with Gasteiger partial charge in [0, 0.05) is 25.0 Å². The molecule has 100 valence electrons. The summed E-state index contributed by atoms with van der Waals surface area (Å²) in [6.07, 6.45) is 3.47. The number of nitro groups is 1. The van der Waals surface area contributed by atoms with Gasteiger partial charge >= 0.3 is 5.69 Å². The summed E-state index contributed by atoms with van der Waals surface area (Å²) in [5, 5.41) is 17.8. The fourth-order valence-electron chi connectivity index (χ4n) is 1.53. The summed E-state index contributed by atoms with van der Waals surface area (Å²) in [4.78, 5) is 14.4.